The van der Waals surface area contributed by atoms with Crippen LogP contribution < -0.4 is 0 Å². The molecule has 5 heteroatoms. The molecule has 0 aromatic heterocycles. The Balaban J connectivity index is 2.54. The first-order chi connectivity index (χ1) is 14.8. The van der Waals surface area contributed by atoms with Gasteiger partial charge in [0.05, 0.1) is 21.7 Å². The molecular weight excluding hydrogens is 431 g/mol. The first-order valence-corrected chi connectivity index (χ1v) is 13.8. The monoisotopic (exact) mass is 472 g/mol. The molecule has 32 heavy (non-hydrogen) atoms. The molecule has 2 heterocycles. The van der Waals surface area contributed by atoms with Crippen molar-refractivity contribution in [2.45, 2.75) is 103 Å². The van der Waals surface area contributed by atoms with Gasteiger partial charge < -0.3 is 9.31 Å². The minimum absolute atomic E-state index is 0.325. The normalized spacial score (nSPS) is 27.8. The van der Waals surface area contributed by atoms with Gasteiger partial charge in [-0.1, -0.05) is 64.0 Å². The highest BCUT2D eigenvalue weighted by Gasteiger charge is 2.55. The molecule has 176 valence electrons. The molecule has 0 aromatic carbocycles. The summed E-state index contributed by atoms with van der Waals surface area (Å²) in [5, 5.41) is 1.35. The molecule has 2 saturated heterocycles. The molecule has 0 spiro atoms. The summed E-state index contributed by atoms with van der Waals surface area (Å²) in [6.07, 6.45) is 2.88. The number of thioether (sulfide) groups is 2. The van der Waals surface area contributed by atoms with Crippen molar-refractivity contribution in [2.75, 3.05) is 5.75 Å². The largest absolute Gasteiger partial charge is 0.493 e. The number of hydrogen-bond donors (Lipinski definition) is 0. The molecule has 2 fully saturated rings. The minimum Gasteiger partial charge on any atom is -0.399 e. The lowest BCUT2D eigenvalue weighted by atomic mass is 9.62. The molecule has 2 rings (SSSR count). The number of hydrogen-bond acceptors (Lipinski definition) is 4. The molecule has 2 nitrogen and oxygen atoms in total. The Labute approximate surface area is 206 Å². The maximum atomic E-state index is 6.49. The topological polar surface area (TPSA) is 18.5 Å². The van der Waals surface area contributed by atoms with E-state index in [0.29, 0.717) is 21.7 Å². The second-order valence-corrected chi connectivity index (χ2v) is 13.3. The van der Waals surface area contributed by atoms with E-state index in [4.69, 9.17) is 9.31 Å². The molecule has 4 atom stereocenters. The van der Waals surface area contributed by atoms with Gasteiger partial charge in [0.25, 0.3) is 0 Å². The predicted octanol–water partition coefficient (Wildman–Crippen LogP) is 6.81. The Bertz CT molecular complexity index is 834. The van der Waals surface area contributed by atoms with E-state index in [2.05, 4.69) is 99.5 Å². The third-order valence-electron chi connectivity index (χ3n) is 6.87. The Morgan fingerprint density at radius 1 is 1.19 bits per heavy atom. The quantitative estimate of drug-likeness (QED) is 0.240. The lowest BCUT2D eigenvalue weighted by molar-refractivity contribution is 0.00578. The van der Waals surface area contributed by atoms with Gasteiger partial charge in [-0.25, -0.2) is 0 Å². The highest BCUT2D eigenvalue weighted by molar-refractivity contribution is 8.02. The van der Waals surface area contributed by atoms with Crippen LogP contribution >= 0.6 is 23.5 Å². The molecule has 0 bridgehead atoms. The highest BCUT2D eigenvalue weighted by Crippen LogP contribution is 2.44. The van der Waals surface area contributed by atoms with Crippen molar-refractivity contribution < 1.29 is 9.31 Å². The van der Waals surface area contributed by atoms with Gasteiger partial charge in [0, 0.05) is 16.2 Å². The van der Waals surface area contributed by atoms with E-state index in [-0.39, 0.29) is 0 Å². The fraction of sp³-hybridized carbons (Fsp3) is 0.704. The van der Waals surface area contributed by atoms with Gasteiger partial charge in [-0.2, -0.15) is 0 Å². The summed E-state index contributed by atoms with van der Waals surface area (Å²) in [5.74, 6) is 15.7. The van der Waals surface area contributed by atoms with Crippen LogP contribution in [0.4, 0.5) is 0 Å². The van der Waals surface area contributed by atoms with E-state index in [9.17, 15) is 0 Å². The highest BCUT2D eigenvalue weighted by atomic mass is 32.2. The molecule has 3 unspecified atom stereocenters. The number of rotatable bonds is 6. The van der Waals surface area contributed by atoms with Crippen LogP contribution in [0.3, 0.4) is 0 Å². The summed E-state index contributed by atoms with van der Waals surface area (Å²) in [7, 11) is -0.504. The van der Waals surface area contributed by atoms with Crippen molar-refractivity contribution in [1.29, 1.82) is 0 Å². The molecule has 0 N–H and O–H groups in total. The SMILES string of the molecule is C=C/C(C#CC1SC(C)[C@H]1C)=C(/B1OC(C)(C)C(C)(C)O1)C(C)(C)C#CC(CC)SCC. The summed E-state index contributed by atoms with van der Waals surface area (Å²) < 4.78 is 13.0. The lowest BCUT2D eigenvalue weighted by Gasteiger charge is -2.36. The summed E-state index contributed by atoms with van der Waals surface area (Å²) in [6, 6.07) is 0. The van der Waals surface area contributed by atoms with Crippen molar-refractivity contribution >= 4 is 30.6 Å². The number of allylic oxidation sites excluding steroid dienone is 3. The van der Waals surface area contributed by atoms with Crippen LogP contribution in [-0.2, 0) is 9.31 Å². The van der Waals surface area contributed by atoms with E-state index >= 15 is 0 Å². The van der Waals surface area contributed by atoms with E-state index < -0.39 is 23.7 Å². The van der Waals surface area contributed by atoms with Gasteiger partial charge in [0.2, 0.25) is 0 Å². The van der Waals surface area contributed by atoms with Crippen LogP contribution in [0.1, 0.15) is 75.7 Å². The summed E-state index contributed by atoms with van der Waals surface area (Å²) >= 11 is 3.84. The van der Waals surface area contributed by atoms with Gasteiger partial charge in [-0.3, -0.25) is 0 Å². The second kappa shape index (κ2) is 10.7. The third kappa shape index (κ3) is 6.04. The molecule has 0 aromatic rings. The molecule has 0 saturated carbocycles. The average molecular weight is 473 g/mol. The van der Waals surface area contributed by atoms with Gasteiger partial charge >= 0.3 is 7.12 Å². The third-order valence-corrected chi connectivity index (χ3v) is 9.76. The van der Waals surface area contributed by atoms with Crippen molar-refractivity contribution in [2.24, 2.45) is 11.3 Å². The second-order valence-electron chi connectivity index (χ2n) is 10.3. The molecule has 2 aliphatic rings. The average Bonchev–Trinajstić information content (AvgIpc) is 2.92. The van der Waals surface area contributed by atoms with Crippen molar-refractivity contribution in [1.82, 2.24) is 0 Å². The van der Waals surface area contributed by atoms with E-state index in [1.165, 1.54) is 0 Å². The van der Waals surface area contributed by atoms with Crippen molar-refractivity contribution in [3.63, 3.8) is 0 Å². The summed E-state index contributed by atoms with van der Waals surface area (Å²) in [6.45, 7) is 25.7. The zero-order valence-electron chi connectivity index (χ0n) is 21.7. The molecule has 2 aliphatic heterocycles. The summed E-state index contributed by atoms with van der Waals surface area (Å²) in [4.78, 5) is 0. The standard InChI is InChI=1S/C27H41BO2S2/c1-12-21(15-16-23-19(4)20(5)32-23)24(28-29-26(8,9)27(10,11)30-28)25(6,7)18-17-22(13-2)31-14-3/h12,19-20,22-23H,1,13-14H2,2-11H3/b24-21-/t19-,20?,22?,23?/m1/s1. The Hall–Kier alpha value is -0.715. The fourth-order valence-corrected chi connectivity index (χ4v) is 5.67. The van der Waals surface area contributed by atoms with Crippen LogP contribution in [0.5, 0.6) is 0 Å². The van der Waals surface area contributed by atoms with Gasteiger partial charge in [0.15, 0.2) is 0 Å². The molecule has 0 aliphatic carbocycles. The van der Waals surface area contributed by atoms with Gasteiger partial charge in [0.1, 0.15) is 0 Å². The first-order valence-electron chi connectivity index (χ1n) is 11.8. The van der Waals surface area contributed by atoms with E-state index in [0.717, 1.165) is 23.2 Å². The maximum Gasteiger partial charge on any atom is 0.493 e. The maximum absolute atomic E-state index is 6.49. The lowest BCUT2D eigenvalue weighted by Crippen LogP contribution is -2.41. The zero-order valence-corrected chi connectivity index (χ0v) is 23.4. The first kappa shape index (κ1) is 27.5. The van der Waals surface area contributed by atoms with Gasteiger partial charge in [-0.05, 0) is 65.1 Å². The Morgan fingerprint density at radius 3 is 2.22 bits per heavy atom. The van der Waals surface area contributed by atoms with Crippen molar-refractivity contribution in [3.8, 4) is 23.7 Å². The van der Waals surface area contributed by atoms with Crippen LogP contribution in [0.15, 0.2) is 23.7 Å². The minimum atomic E-state index is -0.504. The molecule has 0 amide bonds. The zero-order chi connectivity index (χ0) is 24.3. The fourth-order valence-electron chi connectivity index (χ4n) is 3.69. The van der Waals surface area contributed by atoms with Crippen LogP contribution in [-0.4, -0.2) is 39.8 Å². The van der Waals surface area contributed by atoms with E-state index in [1.54, 1.807) is 0 Å². The summed E-state index contributed by atoms with van der Waals surface area (Å²) in [5.41, 5.74) is 0.541. The van der Waals surface area contributed by atoms with Crippen LogP contribution in [0.25, 0.3) is 0 Å². The van der Waals surface area contributed by atoms with E-state index in [1.807, 2.05) is 29.6 Å². The molecular formula is C27H41BO2S2. The smallest absolute Gasteiger partial charge is 0.399 e. The Morgan fingerprint density at radius 2 is 1.78 bits per heavy atom. The predicted molar refractivity (Wildman–Crippen MR) is 145 cm³/mol. The van der Waals surface area contributed by atoms with Crippen molar-refractivity contribution in [3.05, 3.63) is 23.7 Å². The van der Waals surface area contributed by atoms with Crippen LogP contribution in [0.2, 0.25) is 0 Å². The Kier molecular flexibility index (Phi) is 9.20. The molecule has 0 radical (unpaired) electrons. The van der Waals surface area contributed by atoms with Crippen LogP contribution in [0, 0.1) is 35.0 Å². The van der Waals surface area contributed by atoms with Gasteiger partial charge in [-0.15, -0.1) is 23.5 Å².